The fourth-order valence-electron chi connectivity index (χ4n) is 3.15. The highest BCUT2D eigenvalue weighted by Gasteiger charge is 2.22. The summed E-state index contributed by atoms with van der Waals surface area (Å²) in [7, 11) is 0. The SMILES string of the molecule is C[C@@H](C(=O)Nc1ccc(Oc2ccccc2)cc1)[n+]1cccc(-c2ccccc2)c1. The molecule has 1 heterocycles. The van der Waals surface area contributed by atoms with Gasteiger partial charge in [0, 0.05) is 24.2 Å². The van der Waals surface area contributed by atoms with E-state index in [1.54, 1.807) is 0 Å². The van der Waals surface area contributed by atoms with Gasteiger partial charge in [-0.05, 0) is 48.0 Å². The minimum Gasteiger partial charge on any atom is -0.457 e. The second-order valence-corrected chi connectivity index (χ2v) is 7.01. The number of nitrogens with zero attached hydrogens (tertiary/aromatic N) is 1. The lowest BCUT2D eigenvalue weighted by molar-refractivity contribution is -0.705. The maximum Gasteiger partial charge on any atom is 0.293 e. The number of hydrogen-bond donors (Lipinski definition) is 1. The second-order valence-electron chi connectivity index (χ2n) is 7.01. The molecule has 1 N–H and O–H groups in total. The molecule has 30 heavy (non-hydrogen) atoms. The molecule has 4 rings (SSSR count). The highest BCUT2D eigenvalue weighted by atomic mass is 16.5. The first-order valence-electron chi connectivity index (χ1n) is 9.89. The van der Waals surface area contributed by atoms with Crippen molar-refractivity contribution in [1.29, 1.82) is 0 Å². The number of nitrogens with one attached hydrogen (secondary N) is 1. The molecule has 0 unspecified atom stereocenters. The summed E-state index contributed by atoms with van der Waals surface area (Å²) in [5.41, 5.74) is 2.92. The number of ether oxygens (including phenoxy) is 1. The number of pyridine rings is 1. The molecule has 4 aromatic rings. The van der Waals surface area contributed by atoms with Crippen molar-refractivity contribution >= 4 is 11.6 Å². The summed E-state index contributed by atoms with van der Waals surface area (Å²) in [6.07, 6.45) is 3.91. The Morgan fingerprint density at radius 3 is 2.07 bits per heavy atom. The fraction of sp³-hybridized carbons (Fsp3) is 0.0769. The molecule has 148 valence electrons. The number of carbonyl (C=O) groups excluding carboxylic acids is 1. The molecule has 1 amide bonds. The molecular weight excluding hydrogens is 372 g/mol. The molecule has 0 bridgehead atoms. The zero-order valence-electron chi connectivity index (χ0n) is 16.7. The van der Waals surface area contributed by atoms with E-state index in [1.807, 2.05) is 109 Å². The maximum absolute atomic E-state index is 12.8. The molecule has 4 nitrogen and oxygen atoms in total. The summed E-state index contributed by atoms with van der Waals surface area (Å²) in [5.74, 6) is 1.41. The topological polar surface area (TPSA) is 42.2 Å². The predicted octanol–water partition coefficient (Wildman–Crippen LogP) is 5.63. The van der Waals surface area contributed by atoms with Gasteiger partial charge in [-0.1, -0.05) is 48.5 Å². The molecule has 0 radical (unpaired) electrons. The van der Waals surface area contributed by atoms with Gasteiger partial charge >= 0.3 is 0 Å². The Bertz CT molecular complexity index is 1110. The monoisotopic (exact) mass is 395 g/mol. The minimum absolute atomic E-state index is 0.0815. The maximum atomic E-state index is 12.8. The first-order valence-corrected chi connectivity index (χ1v) is 9.89. The van der Waals surface area contributed by atoms with Crippen LogP contribution in [0.25, 0.3) is 11.1 Å². The van der Waals surface area contributed by atoms with Crippen LogP contribution in [0.15, 0.2) is 109 Å². The van der Waals surface area contributed by atoms with Crippen molar-refractivity contribution < 1.29 is 14.1 Å². The Hall–Kier alpha value is -3.92. The van der Waals surface area contributed by atoms with Gasteiger partial charge in [-0.2, -0.15) is 4.57 Å². The van der Waals surface area contributed by atoms with Gasteiger partial charge in [0.25, 0.3) is 5.91 Å². The van der Waals surface area contributed by atoms with Crippen molar-refractivity contribution in [1.82, 2.24) is 0 Å². The van der Waals surface area contributed by atoms with Crippen LogP contribution in [0.5, 0.6) is 11.5 Å². The van der Waals surface area contributed by atoms with E-state index in [0.29, 0.717) is 0 Å². The number of carbonyl (C=O) groups is 1. The Kier molecular flexibility index (Phi) is 5.85. The van der Waals surface area contributed by atoms with Gasteiger partial charge < -0.3 is 10.1 Å². The minimum atomic E-state index is -0.353. The van der Waals surface area contributed by atoms with Crippen molar-refractivity contribution in [3.05, 3.63) is 109 Å². The lowest BCUT2D eigenvalue weighted by Gasteiger charge is -2.11. The lowest BCUT2D eigenvalue weighted by Crippen LogP contribution is -2.44. The zero-order valence-corrected chi connectivity index (χ0v) is 16.7. The van der Waals surface area contributed by atoms with Gasteiger partial charge in [0.2, 0.25) is 6.04 Å². The molecular formula is C26H23N2O2+. The van der Waals surface area contributed by atoms with Crippen LogP contribution in [0, 0.1) is 0 Å². The highest BCUT2D eigenvalue weighted by Crippen LogP contribution is 2.23. The molecule has 0 fully saturated rings. The fourth-order valence-corrected chi connectivity index (χ4v) is 3.15. The summed E-state index contributed by atoms with van der Waals surface area (Å²) in [4.78, 5) is 12.8. The van der Waals surface area contributed by atoms with Crippen LogP contribution in [0.1, 0.15) is 13.0 Å². The average Bonchev–Trinajstić information content (AvgIpc) is 2.81. The van der Waals surface area contributed by atoms with E-state index in [-0.39, 0.29) is 11.9 Å². The molecule has 0 saturated carbocycles. The number of para-hydroxylation sites is 1. The highest BCUT2D eigenvalue weighted by molar-refractivity contribution is 5.92. The molecule has 1 aromatic heterocycles. The quantitative estimate of drug-likeness (QED) is 0.430. The molecule has 4 heteroatoms. The van der Waals surface area contributed by atoms with Gasteiger partial charge in [-0.3, -0.25) is 4.79 Å². The van der Waals surface area contributed by atoms with Crippen molar-refractivity contribution in [2.24, 2.45) is 0 Å². The number of benzene rings is 3. The Morgan fingerprint density at radius 2 is 1.37 bits per heavy atom. The van der Waals surface area contributed by atoms with Gasteiger partial charge in [0.1, 0.15) is 11.5 Å². The Labute approximate surface area is 176 Å². The Morgan fingerprint density at radius 1 is 0.767 bits per heavy atom. The van der Waals surface area contributed by atoms with Crippen LogP contribution in [0.2, 0.25) is 0 Å². The molecule has 0 spiro atoms. The van der Waals surface area contributed by atoms with Gasteiger partial charge in [0.15, 0.2) is 12.4 Å². The number of anilines is 1. The lowest BCUT2D eigenvalue weighted by atomic mass is 10.1. The average molecular weight is 395 g/mol. The van der Waals surface area contributed by atoms with E-state index < -0.39 is 0 Å². The number of hydrogen-bond acceptors (Lipinski definition) is 2. The zero-order chi connectivity index (χ0) is 20.8. The number of amides is 1. The van der Waals surface area contributed by atoms with Crippen LogP contribution in [-0.2, 0) is 4.79 Å². The summed E-state index contributed by atoms with van der Waals surface area (Å²) >= 11 is 0. The van der Waals surface area contributed by atoms with Crippen molar-refractivity contribution in [3.8, 4) is 22.6 Å². The van der Waals surface area contributed by atoms with E-state index in [1.165, 1.54) is 0 Å². The van der Waals surface area contributed by atoms with E-state index in [2.05, 4.69) is 17.4 Å². The van der Waals surface area contributed by atoms with Gasteiger partial charge in [-0.15, -0.1) is 0 Å². The van der Waals surface area contributed by atoms with Crippen molar-refractivity contribution in [2.45, 2.75) is 13.0 Å². The van der Waals surface area contributed by atoms with Crippen LogP contribution >= 0.6 is 0 Å². The second kappa shape index (κ2) is 9.05. The van der Waals surface area contributed by atoms with Crippen molar-refractivity contribution in [3.63, 3.8) is 0 Å². The predicted molar refractivity (Wildman–Crippen MR) is 118 cm³/mol. The smallest absolute Gasteiger partial charge is 0.293 e. The third kappa shape index (κ3) is 4.73. The van der Waals surface area contributed by atoms with Crippen LogP contribution in [0.3, 0.4) is 0 Å². The molecule has 0 aliphatic heterocycles. The first kappa shape index (κ1) is 19.4. The summed E-state index contributed by atoms with van der Waals surface area (Å²) in [6.45, 7) is 1.89. The van der Waals surface area contributed by atoms with E-state index >= 15 is 0 Å². The van der Waals surface area contributed by atoms with Gasteiger partial charge in [0.05, 0.1) is 0 Å². The summed E-state index contributed by atoms with van der Waals surface area (Å²) in [5, 5.41) is 2.98. The number of rotatable bonds is 6. The third-order valence-corrected chi connectivity index (χ3v) is 4.86. The largest absolute Gasteiger partial charge is 0.457 e. The summed E-state index contributed by atoms with van der Waals surface area (Å²) < 4.78 is 7.71. The molecule has 0 aliphatic carbocycles. The standard InChI is InChI=1S/C26H22N2O2/c1-20(28-18-8-11-22(19-28)21-9-4-2-5-10-21)26(29)27-23-14-16-25(17-15-23)30-24-12-6-3-7-13-24/h2-20H,1H3/p+1/t20-/m0/s1. The summed E-state index contributed by atoms with van der Waals surface area (Å²) in [6, 6.07) is 30.7. The van der Waals surface area contributed by atoms with E-state index in [4.69, 9.17) is 4.74 Å². The molecule has 0 aliphatic rings. The first-order chi connectivity index (χ1) is 14.7. The number of aromatic nitrogens is 1. The van der Waals surface area contributed by atoms with Crippen molar-refractivity contribution in [2.75, 3.05) is 5.32 Å². The normalized spacial score (nSPS) is 11.5. The van der Waals surface area contributed by atoms with Crippen LogP contribution in [0.4, 0.5) is 5.69 Å². The molecule has 3 aromatic carbocycles. The molecule has 0 saturated heterocycles. The van der Waals surface area contributed by atoms with Crippen LogP contribution in [-0.4, -0.2) is 5.91 Å². The van der Waals surface area contributed by atoms with Crippen LogP contribution < -0.4 is 14.6 Å². The Balaban J connectivity index is 1.42. The van der Waals surface area contributed by atoms with E-state index in [9.17, 15) is 4.79 Å². The third-order valence-electron chi connectivity index (χ3n) is 4.86. The molecule has 1 atom stereocenters. The van der Waals surface area contributed by atoms with Gasteiger partial charge in [-0.25, -0.2) is 0 Å². The van der Waals surface area contributed by atoms with E-state index in [0.717, 1.165) is 28.3 Å².